The molecule has 0 bridgehead atoms. The predicted molar refractivity (Wildman–Crippen MR) is 76.2 cm³/mol. The third kappa shape index (κ3) is 2.97. The fourth-order valence-electron chi connectivity index (χ4n) is 1.53. The quantitative estimate of drug-likeness (QED) is 0.732. The molecule has 17 heavy (non-hydrogen) atoms. The van der Waals surface area contributed by atoms with Crippen LogP contribution in [0, 0.1) is 6.92 Å². The summed E-state index contributed by atoms with van der Waals surface area (Å²) in [5.41, 5.74) is 1.96. The fourth-order valence-corrected chi connectivity index (χ4v) is 3.22. The van der Waals surface area contributed by atoms with Crippen LogP contribution in [0.3, 0.4) is 0 Å². The van der Waals surface area contributed by atoms with Gasteiger partial charge >= 0.3 is 0 Å². The number of halogens is 2. The molecule has 0 unspecified atom stereocenters. The number of benzene rings is 1. The molecule has 1 heterocycles. The van der Waals surface area contributed by atoms with Crippen molar-refractivity contribution in [1.82, 2.24) is 0 Å². The molecule has 0 saturated carbocycles. The van der Waals surface area contributed by atoms with Gasteiger partial charge < -0.3 is 0 Å². The van der Waals surface area contributed by atoms with E-state index in [1.54, 1.807) is 0 Å². The van der Waals surface area contributed by atoms with Gasteiger partial charge in [0.05, 0.1) is 9.90 Å². The van der Waals surface area contributed by atoms with Crippen LogP contribution in [0.4, 0.5) is 0 Å². The molecule has 0 atom stereocenters. The molecule has 4 heteroatoms. The normalized spacial score (nSPS) is 10.5. The van der Waals surface area contributed by atoms with Crippen molar-refractivity contribution in [2.24, 2.45) is 0 Å². The van der Waals surface area contributed by atoms with Gasteiger partial charge in [0.2, 0.25) is 0 Å². The minimum atomic E-state index is 0.0752. The van der Waals surface area contributed by atoms with E-state index in [1.807, 2.05) is 36.6 Å². The second-order valence-corrected chi connectivity index (χ2v) is 5.96. The third-order valence-corrected chi connectivity index (χ3v) is 4.64. The Labute approximate surface area is 118 Å². The van der Waals surface area contributed by atoms with Gasteiger partial charge in [-0.15, -0.1) is 11.3 Å². The van der Waals surface area contributed by atoms with E-state index >= 15 is 0 Å². The van der Waals surface area contributed by atoms with Gasteiger partial charge in [-0.2, -0.15) is 0 Å². The molecule has 0 spiro atoms. The number of hydrogen-bond acceptors (Lipinski definition) is 2. The van der Waals surface area contributed by atoms with E-state index in [2.05, 4.69) is 15.9 Å². The van der Waals surface area contributed by atoms with Crippen LogP contribution in [0.1, 0.15) is 20.8 Å². The van der Waals surface area contributed by atoms with Crippen LogP contribution in [0.2, 0.25) is 5.02 Å². The number of hydrogen-bond donors (Lipinski definition) is 0. The van der Waals surface area contributed by atoms with Crippen molar-refractivity contribution in [3.63, 3.8) is 0 Å². The Hall–Kier alpha value is -0.640. The Kier molecular flexibility index (Phi) is 4.02. The average molecular weight is 330 g/mol. The summed E-state index contributed by atoms with van der Waals surface area (Å²) in [7, 11) is 0. The number of aryl methyl sites for hydroxylation is 1. The number of thiophene rings is 1. The van der Waals surface area contributed by atoms with Gasteiger partial charge in [-0.1, -0.05) is 39.7 Å². The molecule has 0 amide bonds. The standard InChI is InChI=1S/C13H10BrClOS/c1-8-7-17-13(12(8)15)11(16)6-9-3-2-4-10(14)5-9/h2-5,7H,6H2,1H3. The van der Waals surface area contributed by atoms with Gasteiger partial charge in [0.15, 0.2) is 5.78 Å². The van der Waals surface area contributed by atoms with Gasteiger partial charge in [-0.3, -0.25) is 4.79 Å². The maximum Gasteiger partial charge on any atom is 0.178 e. The Bertz CT molecular complexity index is 562. The predicted octanol–water partition coefficient (Wildman–Crippen LogP) is 4.90. The van der Waals surface area contributed by atoms with E-state index in [9.17, 15) is 4.79 Å². The number of rotatable bonds is 3. The van der Waals surface area contributed by atoms with Gasteiger partial charge in [-0.25, -0.2) is 0 Å². The number of carbonyl (C=O) groups is 1. The highest BCUT2D eigenvalue weighted by Crippen LogP contribution is 2.28. The summed E-state index contributed by atoms with van der Waals surface area (Å²) in [5, 5.41) is 2.51. The molecule has 0 aliphatic carbocycles. The average Bonchev–Trinajstić information content (AvgIpc) is 2.60. The molecule has 1 nitrogen and oxygen atoms in total. The topological polar surface area (TPSA) is 17.1 Å². The second kappa shape index (κ2) is 5.34. The van der Waals surface area contributed by atoms with Crippen LogP contribution in [-0.2, 0) is 6.42 Å². The maximum absolute atomic E-state index is 12.1. The summed E-state index contributed by atoms with van der Waals surface area (Å²) in [6.07, 6.45) is 0.388. The zero-order chi connectivity index (χ0) is 12.4. The molecule has 1 aromatic heterocycles. The molecule has 2 aromatic rings. The Morgan fingerprint density at radius 1 is 1.47 bits per heavy atom. The summed E-state index contributed by atoms with van der Waals surface area (Å²) in [6, 6.07) is 7.76. The first-order valence-corrected chi connectivity index (χ1v) is 7.14. The summed E-state index contributed by atoms with van der Waals surface area (Å²) >= 11 is 10.9. The Morgan fingerprint density at radius 2 is 2.24 bits per heavy atom. The molecule has 0 saturated heterocycles. The fraction of sp³-hybridized carbons (Fsp3) is 0.154. The van der Waals surface area contributed by atoms with Gasteiger partial charge in [0.1, 0.15) is 0 Å². The molecule has 88 valence electrons. The van der Waals surface area contributed by atoms with Crippen LogP contribution < -0.4 is 0 Å². The van der Waals surface area contributed by atoms with E-state index < -0.39 is 0 Å². The third-order valence-electron chi connectivity index (χ3n) is 2.41. The lowest BCUT2D eigenvalue weighted by Gasteiger charge is -2.01. The molecule has 0 aliphatic rings. The first kappa shape index (κ1) is 12.8. The monoisotopic (exact) mass is 328 g/mol. The van der Waals surface area contributed by atoms with Crippen LogP contribution in [-0.4, -0.2) is 5.78 Å². The summed E-state index contributed by atoms with van der Waals surface area (Å²) in [5.74, 6) is 0.0752. The van der Waals surface area contributed by atoms with Gasteiger partial charge in [-0.05, 0) is 35.6 Å². The van der Waals surface area contributed by atoms with Gasteiger partial charge in [0, 0.05) is 10.9 Å². The Balaban J connectivity index is 2.20. The number of ketones is 1. The van der Waals surface area contributed by atoms with E-state index in [1.165, 1.54) is 11.3 Å². The molecular formula is C13H10BrClOS. The SMILES string of the molecule is Cc1csc(C(=O)Cc2cccc(Br)c2)c1Cl. The Morgan fingerprint density at radius 3 is 2.82 bits per heavy atom. The first-order valence-electron chi connectivity index (χ1n) is 5.09. The largest absolute Gasteiger partial charge is 0.293 e. The second-order valence-electron chi connectivity index (χ2n) is 3.79. The van der Waals surface area contributed by atoms with Crippen LogP contribution in [0.15, 0.2) is 34.1 Å². The summed E-state index contributed by atoms with van der Waals surface area (Å²) < 4.78 is 0.983. The zero-order valence-electron chi connectivity index (χ0n) is 9.17. The van der Waals surface area contributed by atoms with Gasteiger partial charge in [0.25, 0.3) is 0 Å². The highest BCUT2D eigenvalue weighted by Gasteiger charge is 2.14. The number of Topliss-reactive ketones (excluding diaryl/α,β-unsaturated/α-hetero) is 1. The molecule has 2 rings (SSSR count). The van der Waals surface area contributed by atoms with Crippen molar-refractivity contribution in [2.45, 2.75) is 13.3 Å². The summed E-state index contributed by atoms with van der Waals surface area (Å²) in [4.78, 5) is 12.7. The minimum Gasteiger partial charge on any atom is -0.293 e. The number of carbonyl (C=O) groups excluding carboxylic acids is 1. The smallest absolute Gasteiger partial charge is 0.178 e. The maximum atomic E-state index is 12.1. The lowest BCUT2D eigenvalue weighted by Crippen LogP contribution is -2.01. The lowest BCUT2D eigenvalue weighted by molar-refractivity contribution is 0.0997. The lowest BCUT2D eigenvalue weighted by atomic mass is 10.1. The van der Waals surface area contributed by atoms with E-state index in [-0.39, 0.29) is 5.78 Å². The molecule has 0 N–H and O–H groups in total. The molecule has 0 aliphatic heterocycles. The van der Waals surface area contributed by atoms with E-state index in [0.29, 0.717) is 16.3 Å². The van der Waals surface area contributed by atoms with E-state index in [0.717, 1.165) is 15.6 Å². The highest BCUT2D eigenvalue weighted by molar-refractivity contribution is 9.10. The molecule has 0 radical (unpaired) electrons. The van der Waals surface area contributed by atoms with Crippen molar-refractivity contribution < 1.29 is 4.79 Å². The van der Waals surface area contributed by atoms with Crippen molar-refractivity contribution >= 4 is 44.7 Å². The minimum absolute atomic E-state index is 0.0752. The first-order chi connectivity index (χ1) is 8.08. The highest BCUT2D eigenvalue weighted by atomic mass is 79.9. The van der Waals surface area contributed by atoms with Crippen molar-refractivity contribution in [3.8, 4) is 0 Å². The van der Waals surface area contributed by atoms with Crippen LogP contribution in [0.25, 0.3) is 0 Å². The van der Waals surface area contributed by atoms with Crippen LogP contribution >= 0.6 is 38.9 Å². The van der Waals surface area contributed by atoms with Crippen molar-refractivity contribution in [3.05, 3.63) is 55.1 Å². The molecule has 1 aromatic carbocycles. The van der Waals surface area contributed by atoms with Crippen molar-refractivity contribution in [2.75, 3.05) is 0 Å². The summed E-state index contributed by atoms with van der Waals surface area (Å²) in [6.45, 7) is 1.91. The molecular weight excluding hydrogens is 320 g/mol. The molecule has 0 fully saturated rings. The van der Waals surface area contributed by atoms with Crippen molar-refractivity contribution in [1.29, 1.82) is 0 Å². The zero-order valence-corrected chi connectivity index (χ0v) is 12.3. The van der Waals surface area contributed by atoms with E-state index in [4.69, 9.17) is 11.6 Å². The van der Waals surface area contributed by atoms with Crippen LogP contribution in [0.5, 0.6) is 0 Å².